The number of aliphatic imine (C=N–C) groups is 2. The first kappa shape index (κ1) is 27.8. The van der Waals surface area contributed by atoms with E-state index in [1.165, 1.54) is 36.8 Å². The molecule has 0 amide bonds. The highest BCUT2D eigenvalue weighted by molar-refractivity contribution is 5.81. The summed E-state index contributed by atoms with van der Waals surface area (Å²) in [6, 6.07) is 0. The number of rotatable bonds is 13. The van der Waals surface area contributed by atoms with Crippen LogP contribution in [0.15, 0.2) is 80.1 Å². The quantitative estimate of drug-likeness (QED) is 0.214. The SMILES string of the molecule is CCCC/C(C)=C/C=C(\C)N=C/C(C)=C/C=C(\C)C=N/C(C)=C/C=C(\C)CCCC. The third-order valence-electron chi connectivity index (χ3n) is 4.62. The average molecular weight is 409 g/mol. The van der Waals surface area contributed by atoms with Crippen molar-refractivity contribution in [3.05, 3.63) is 70.1 Å². The molecule has 0 aromatic rings. The molecule has 2 heteroatoms. The van der Waals surface area contributed by atoms with Crippen molar-refractivity contribution in [2.45, 2.75) is 93.9 Å². The molecule has 0 aromatic heterocycles. The van der Waals surface area contributed by atoms with Gasteiger partial charge in [0.25, 0.3) is 0 Å². The maximum atomic E-state index is 4.54. The predicted octanol–water partition coefficient (Wildman–Crippen LogP) is 9.10. The Labute approximate surface area is 186 Å². The minimum Gasteiger partial charge on any atom is -0.261 e. The molecule has 0 saturated heterocycles. The summed E-state index contributed by atoms with van der Waals surface area (Å²) in [6.45, 7) is 17.0. The summed E-state index contributed by atoms with van der Waals surface area (Å²) in [6.07, 6.45) is 23.8. The molecule has 0 rings (SSSR count). The van der Waals surface area contributed by atoms with Crippen molar-refractivity contribution in [2.24, 2.45) is 9.98 Å². The first-order valence-corrected chi connectivity index (χ1v) is 11.4. The van der Waals surface area contributed by atoms with Gasteiger partial charge in [-0.2, -0.15) is 0 Å². The molecule has 30 heavy (non-hydrogen) atoms. The number of hydrogen-bond donors (Lipinski definition) is 0. The molecule has 0 spiro atoms. The minimum absolute atomic E-state index is 1.02. The van der Waals surface area contributed by atoms with Gasteiger partial charge in [0.15, 0.2) is 0 Å². The summed E-state index contributed by atoms with van der Waals surface area (Å²) in [5, 5.41) is 0. The van der Waals surface area contributed by atoms with Crippen LogP contribution in [0.5, 0.6) is 0 Å². The number of unbranched alkanes of at least 4 members (excludes halogenated alkanes) is 2. The van der Waals surface area contributed by atoms with Crippen molar-refractivity contribution in [3.8, 4) is 0 Å². The second-order valence-corrected chi connectivity index (χ2v) is 8.19. The van der Waals surface area contributed by atoms with Crippen molar-refractivity contribution >= 4 is 12.4 Å². The summed E-state index contributed by atoms with van der Waals surface area (Å²) in [5.41, 5.74) is 7.08. The minimum atomic E-state index is 1.02. The van der Waals surface area contributed by atoms with E-state index in [0.29, 0.717) is 0 Å². The monoisotopic (exact) mass is 408 g/mol. The molecule has 166 valence electrons. The van der Waals surface area contributed by atoms with Crippen LogP contribution in [-0.4, -0.2) is 12.4 Å². The van der Waals surface area contributed by atoms with E-state index in [1.807, 2.05) is 26.3 Å². The lowest BCUT2D eigenvalue weighted by Crippen LogP contribution is -1.82. The number of nitrogens with zero attached hydrogens (tertiary/aromatic N) is 2. The molecule has 0 bridgehead atoms. The Morgan fingerprint density at radius 3 is 1.23 bits per heavy atom. The van der Waals surface area contributed by atoms with Crippen molar-refractivity contribution in [1.29, 1.82) is 0 Å². The Kier molecular flexibility index (Phi) is 16.3. The van der Waals surface area contributed by atoms with Gasteiger partial charge in [-0.1, -0.05) is 62.1 Å². The molecule has 0 fully saturated rings. The zero-order valence-corrected chi connectivity index (χ0v) is 20.8. The van der Waals surface area contributed by atoms with Crippen LogP contribution in [0.4, 0.5) is 0 Å². The molecule has 0 aliphatic rings. The third kappa shape index (κ3) is 16.7. The molecule has 0 aliphatic heterocycles. The van der Waals surface area contributed by atoms with Gasteiger partial charge in [0.1, 0.15) is 0 Å². The lowest BCUT2D eigenvalue weighted by Gasteiger charge is -1.97. The Bertz CT molecular complexity index is 671. The Morgan fingerprint density at radius 1 is 0.533 bits per heavy atom. The molecular weight excluding hydrogens is 364 g/mol. The van der Waals surface area contributed by atoms with Crippen LogP contribution in [0.2, 0.25) is 0 Å². The van der Waals surface area contributed by atoms with Gasteiger partial charge in [-0.05, 0) is 90.5 Å². The van der Waals surface area contributed by atoms with E-state index in [0.717, 1.165) is 35.4 Å². The molecule has 0 N–H and O–H groups in total. The topological polar surface area (TPSA) is 24.7 Å². The van der Waals surface area contributed by atoms with E-state index >= 15 is 0 Å². The summed E-state index contributed by atoms with van der Waals surface area (Å²) in [5.74, 6) is 0. The van der Waals surface area contributed by atoms with Gasteiger partial charge >= 0.3 is 0 Å². The number of allylic oxidation sites excluding steroid dienone is 12. The molecule has 0 aromatic carbocycles. The lowest BCUT2D eigenvalue weighted by molar-refractivity contribution is 0.787. The Balaban J connectivity index is 4.80. The molecule has 0 radical (unpaired) electrons. The fourth-order valence-electron chi connectivity index (χ4n) is 2.45. The highest BCUT2D eigenvalue weighted by Crippen LogP contribution is 2.08. The van der Waals surface area contributed by atoms with Gasteiger partial charge < -0.3 is 0 Å². The van der Waals surface area contributed by atoms with Gasteiger partial charge in [0.05, 0.1) is 0 Å². The van der Waals surface area contributed by atoms with Gasteiger partial charge in [-0.25, -0.2) is 0 Å². The highest BCUT2D eigenvalue weighted by atomic mass is 14.7. The van der Waals surface area contributed by atoms with Gasteiger partial charge in [0.2, 0.25) is 0 Å². The first-order chi connectivity index (χ1) is 14.3. The predicted molar refractivity (Wildman–Crippen MR) is 139 cm³/mol. The van der Waals surface area contributed by atoms with E-state index in [9.17, 15) is 0 Å². The second-order valence-electron chi connectivity index (χ2n) is 8.19. The van der Waals surface area contributed by atoms with Crippen LogP contribution >= 0.6 is 0 Å². The van der Waals surface area contributed by atoms with Crippen molar-refractivity contribution < 1.29 is 0 Å². The third-order valence-corrected chi connectivity index (χ3v) is 4.62. The molecule has 0 heterocycles. The van der Waals surface area contributed by atoms with Crippen LogP contribution < -0.4 is 0 Å². The van der Waals surface area contributed by atoms with Crippen LogP contribution in [0.25, 0.3) is 0 Å². The Hall–Kier alpha value is -2.22. The maximum absolute atomic E-state index is 4.54. The van der Waals surface area contributed by atoms with Crippen LogP contribution in [-0.2, 0) is 0 Å². The van der Waals surface area contributed by atoms with Crippen molar-refractivity contribution in [3.63, 3.8) is 0 Å². The summed E-state index contributed by atoms with van der Waals surface area (Å²) in [4.78, 5) is 9.07. The smallest absolute Gasteiger partial charge is 0.0372 e. The van der Waals surface area contributed by atoms with Gasteiger partial charge in [-0.3, -0.25) is 9.98 Å². The van der Waals surface area contributed by atoms with E-state index in [-0.39, 0.29) is 0 Å². The first-order valence-electron chi connectivity index (χ1n) is 11.4. The fraction of sp³-hybridized carbons (Fsp3) is 0.500. The molecule has 0 unspecified atom stereocenters. The zero-order valence-electron chi connectivity index (χ0n) is 20.8. The molecule has 0 atom stereocenters. The van der Waals surface area contributed by atoms with Crippen LogP contribution in [0.3, 0.4) is 0 Å². The normalized spacial score (nSPS) is 15.7. The maximum Gasteiger partial charge on any atom is 0.0372 e. The van der Waals surface area contributed by atoms with Crippen molar-refractivity contribution in [2.75, 3.05) is 0 Å². The second kappa shape index (κ2) is 17.6. The van der Waals surface area contributed by atoms with Crippen molar-refractivity contribution in [1.82, 2.24) is 0 Å². The van der Waals surface area contributed by atoms with Gasteiger partial charge in [0, 0.05) is 23.8 Å². The molecule has 0 saturated carbocycles. The zero-order chi connectivity index (χ0) is 22.8. The van der Waals surface area contributed by atoms with E-state index < -0.39 is 0 Å². The van der Waals surface area contributed by atoms with Crippen LogP contribution in [0.1, 0.15) is 93.9 Å². The van der Waals surface area contributed by atoms with Crippen LogP contribution in [0, 0.1) is 0 Å². The summed E-state index contributed by atoms with van der Waals surface area (Å²) in [7, 11) is 0. The van der Waals surface area contributed by atoms with E-state index in [2.05, 4.69) is 88.0 Å². The number of hydrogen-bond acceptors (Lipinski definition) is 2. The molecular formula is C28H44N2. The molecule has 2 nitrogen and oxygen atoms in total. The average Bonchev–Trinajstić information content (AvgIpc) is 2.73. The largest absolute Gasteiger partial charge is 0.261 e. The standard InChI is InChI=1S/C28H44N2/c1-9-11-13-23(3)17-19-27(7)29-21-25(5)15-16-26(6)22-30-28(8)20-18-24(4)14-12-10-2/h15-22H,9-14H2,1-8H3/b23-17+,24-18+,25-15+,26-16+,27-19+,28-20+,29-21?,30-22?. The fourth-order valence-corrected chi connectivity index (χ4v) is 2.45. The summed E-state index contributed by atoms with van der Waals surface area (Å²) >= 11 is 0. The van der Waals surface area contributed by atoms with E-state index in [4.69, 9.17) is 0 Å². The summed E-state index contributed by atoms with van der Waals surface area (Å²) < 4.78 is 0. The highest BCUT2D eigenvalue weighted by Gasteiger charge is 1.90. The van der Waals surface area contributed by atoms with Gasteiger partial charge in [-0.15, -0.1) is 0 Å². The lowest BCUT2D eigenvalue weighted by atomic mass is 10.1. The van der Waals surface area contributed by atoms with E-state index in [1.54, 1.807) is 0 Å². The Morgan fingerprint density at radius 2 is 0.900 bits per heavy atom. The molecule has 0 aliphatic carbocycles.